The Morgan fingerprint density at radius 2 is 1.52 bits per heavy atom. The van der Waals surface area contributed by atoms with Crippen LogP contribution in [0.15, 0.2) is 48.5 Å². The highest BCUT2D eigenvalue weighted by Crippen LogP contribution is 2.22. The number of carbonyl (C=O) groups excluding carboxylic acids is 2. The van der Waals surface area contributed by atoms with E-state index in [2.05, 4.69) is 10.6 Å². The summed E-state index contributed by atoms with van der Waals surface area (Å²) in [6, 6.07) is 14.4. The molecule has 3 atom stereocenters. The Hall–Kier alpha value is -3.10. The minimum absolute atomic E-state index is 0.170. The van der Waals surface area contributed by atoms with Crippen LogP contribution < -0.4 is 10.6 Å². The second kappa shape index (κ2) is 9.40. The summed E-state index contributed by atoms with van der Waals surface area (Å²) < 4.78 is 15.8. The number of rotatable bonds is 4. The molecular weight excluding hydrogens is 376 g/mol. The van der Waals surface area contributed by atoms with Gasteiger partial charge in [-0.15, -0.1) is 0 Å². The molecule has 2 amide bonds. The summed E-state index contributed by atoms with van der Waals surface area (Å²) in [6.45, 7) is 3.97. The number of carbonyl (C=O) groups is 2. The predicted octanol–water partition coefficient (Wildman–Crippen LogP) is 3.58. The van der Waals surface area contributed by atoms with E-state index in [1.165, 1.54) is 0 Å². The fourth-order valence-electron chi connectivity index (χ4n) is 3.01. The highest BCUT2D eigenvalue weighted by atomic mass is 16.7. The Morgan fingerprint density at radius 3 is 2.07 bits per heavy atom. The maximum absolute atomic E-state index is 12.2. The Kier molecular flexibility index (Phi) is 6.69. The van der Waals surface area contributed by atoms with Crippen molar-refractivity contribution in [3.05, 3.63) is 59.7 Å². The lowest BCUT2D eigenvalue weighted by molar-refractivity contribution is -0.217. The number of aliphatic hydroxyl groups excluding tert-OH is 1. The van der Waals surface area contributed by atoms with Gasteiger partial charge in [-0.3, -0.25) is 10.6 Å². The van der Waals surface area contributed by atoms with Gasteiger partial charge in [-0.25, -0.2) is 9.59 Å². The van der Waals surface area contributed by atoms with E-state index >= 15 is 0 Å². The summed E-state index contributed by atoms with van der Waals surface area (Å²) in [5.41, 5.74) is 3.09. The summed E-state index contributed by atoms with van der Waals surface area (Å²) >= 11 is 0. The van der Waals surface area contributed by atoms with Gasteiger partial charge in [0.05, 0.1) is 6.61 Å². The normalized spacial score (nSPS) is 21.1. The molecular formula is C21H24N2O6. The third kappa shape index (κ3) is 5.94. The molecule has 8 heteroatoms. The van der Waals surface area contributed by atoms with Crippen molar-refractivity contribution in [2.45, 2.75) is 38.8 Å². The summed E-state index contributed by atoms with van der Waals surface area (Å²) in [5, 5.41) is 15.3. The topological polar surface area (TPSA) is 106 Å². The molecule has 1 heterocycles. The van der Waals surface area contributed by atoms with Crippen LogP contribution in [0.4, 0.5) is 21.0 Å². The summed E-state index contributed by atoms with van der Waals surface area (Å²) in [4.78, 5) is 24.5. The average Bonchev–Trinajstić information content (AvgIpc) is 2.64. The molecule has 0 unspecified atom stereocenters. The number of ether oxygens (including phenoxy) is 3. The molecule has 0 spiro atoms. The summed E-state index contributed by atoms with van der Waals surface area (Å²) in [6.07, 6.45) is -4.62. The number of aryl methyl sites for hydroxylation is 2. The van der Waals surface area contributed by atoms with Crippen LogP contribution in [0.5, 0.6) is 0 Å². The molecule has 3 N–H and O–H groups in total. The number of aliphatic hydroxyl groups is 1. The quantitative estimate of drug-likeness (QED) is 0.724. The Labute approximate surface area is 168 Å². The Bertz CT molecular complexity index is 872. The van der Waals surface area contributed by atoms with E-state index in [0.29, 0.717) is 11.4 Å². The van der Waals surface area contributed by atoms with Crippen LogP contribution >= 0.6 is 0 Å². The lowest BCUT2D eigenvalue weighted by Crippen LogP contribution is -2.50. The van der Waals surface area contributed by atoms with Crippen molar-refractivity contribution in [3.63, 3.8) is 0 Å². The van der Waals surface area contributed by atoms with Crippen LogP contribution in [0.1, 0.15) is 17.5 Å². The number of hydrogen-bond donors (Lipinski definition) is 3. The molecule has 0 aliphatic carbocycles. The van der Waals surface area contributed by atoms with Crippen LogP contribution in [0.2, 0.25) is 0 Å². The zero-order chi connectivity index (χ0) is 20.8. The molecule has 1 fully saturated rings. The van der Waals surface area contributed by atoms with Gasteiger partial charge < -0.3 is 19.3 Å². The standard InChI is InChI=1S/C21H24N2O6/c1-13-5-3-7-15(11-13)22-20(25)28-17-9-10-27-19(24)18(17)29-21(26)23-16-8-4-6-14(2)12-16/h3-8,11-12,17-19,24H,9-10H2,1-2H3,(H,22,25)(H,23,26)/t17-,18-,19-/m1/s1. The van der Waals surface area contributed by atoms with E-state index in [9.17, 15) is 14.7 Å². The van der Waals surface area contributed by atoms with Crippen LogP contribution in [-0.2, 0) is 14.2 Å². The molecule has 29 heavy (non-hydrogen) atoms. The smallest absolute Gasteiger partial charge is 0.412 e. The van der Waals surface area contributed by atoms with E-state index in [-0.39, 0.29) is 13.0 Å². The van der Waals surface area contributed by atoms with Gasteiger partial charge in [-0.1, -0.05) is 24.3 Å². The van der Waals surface area contributed by atoms with Gasteiger partial charge >= 0.3 is 12.2 Å². The number of hydrogen-bond acceptors (Lipinski definition) is 6. The molecule has 0 aromatic heterocycles. The number of nitrogens with one attached hydrogen (secondary N) is 2. The lowest BCUT2D eigenvalue weighted by Gasteiger charge is -2.34. The average molecular weight is 400 g/mol. The predicted molar refractivity (Wildman–Crippen MR) is 107 cm³/mol. The number of anilines is 2. The first-order valence-electron chi connectivity index (χ1n) is 9.29. The van der Waals surface area contributed by atoms with Gasteiger partial charge in [0.1, 0.15) is 6.10 Å². The minimum atomic E-state index is -1.40. The second-order valence-corrected chi connectivity index (χ2v) is 6.85. The first-order chi connectivity index (χ1) is 13.9. The maximum atomic E-state index is 12.2. The molecule has 2 aromatic carbocycles. The maximum Gasteiger partial charge on any atom is 0.412 e. The van der Waals surface area contributed by atoms with Crippen molar-refractivity contribution in [3.8, 4) is 0 Å². The molecule has 3 rings (SSSR count). The van der Waals surface area contributed by atoms with Crippen molar-refractivity contribution < 1.29 is 28.9 Å². The highest BCUT2D eigenvalue weighted by Gasteiger charge is 2.39. The monoisotopic (exact) mass is 400 g/mol. The molecule has 1 saturated heterocycles. The van der Waals surface area contributed by atoms with Gasteiger partial charge in [0, 0.05) is 17.8 Å². The summed E-state index contributed by atoms with van der Waals surface area (Å²) in [5.74, 6) is 0. The fourth-order valence-corrected chi connectivity index (χ4v) is 3.01. The van der Waals surface area contributed by atoms with Crippen LogP contribution in [0, 0.1) is 13.8 Å². The van der Waals surface area contributed by atoms with Crippen LogP contribution in [0.25, 0.3) is 0 Å². The molecule has 154 valence electrons. The van der Waals surface area contributed by atoms with E-state index in [0.717, 1.165) is 11.1 Å². The molecule has 1 aliphatic heterocycles. The number of amides is 2. The van der Waals surface area contributed by atoms with E-state index in [1.54, 1.807) is 30.3 Å². The lowest BCUT2D eigenvalue weighted by atomic mass is 10.1. The van der Waals surface area contributed by atoms with E-state index in [4.69, 9.17) is 14.2 Å². The largest absolute Gasteiger partial charge is 0.442 e. The van der Waals surface area contributed by atoms with Gasteiger partial charge in [-0.2, -0.15) is 0 Å². The van der Waals surface area contributed by atoms with E-state index in [1.807, 2.05) is 32.0 Å². The van der Waals surface area contributed by atoms with Gasteiger partial charge in [-0.05, 0) is 49.2 Å². The van der Waals surface area contributed by atoms with Gasteiger partial charge in [0.15, 0.2) is 12.4 Å². The molecule has 2 aromatic rings. The number of benzene rings is 2. The van der Waals surface area contributed by atoms with Crippen molar-refractivity contribution >= 4 is 23.6 Å². The first-order valence-corrected chi connectivity index (χ1v) is 9.29. The first kappa shape index (κ1) is 20.6. The zero-order valence-electron chi connectivity index (χ0n) is 16.3. The van der Waals surface area contributed by atoms with E-state index < -0.39 is 30.7 Å². The van der Waals surface area contributed by atoms with Crippen molar-refractivity contribution in [2.24, 2.45) is 0 Å². The second-order valence-electron chi connectivity index (χ2n) is 6.85. The molecule has 1 aliphatic rings. The Balaban J connectivity index is 1.60. The highest BCUT2D eigenvalue weighted by molar-refractivity contribution is 5.85. The van der Waals surface area contributed by atoms with Crippen molar-refractivity contribution in [2.75, 3.05) is 17.2 Å². The molecule has 8 nitrogen and oxygen atoms in total. The van der Waals surface area contributed by atoms with Gasteiger partial charge in [0.2, 0.25) is 0 Å². The van der Waals surface area contributed by atoms with Gasteiger partial charge in [0.25, 0.3) is 0 Å². The van der Waals surface area contributed by atoms with Crippen molar-refractivity contribution in [1.82, 2.24) is 0 Å². The summed E-state index contributed by atoms with van der Waals surface area (Å²) in [7, 11) is 0. The molecule has 0 bridgehead atoms. The third-order valence-electron chi connectivity index (χ3n) is 4.37. The molecule has 0 radical (unpaired) electrons. The zero-order valence-corrected chi connectivity index (χ0v) is 16.3. The minimum Gasteiger partial charge on any atom is -0.442 e. The van der Waals surface area contributed by atoms with Crippen LogP contribution in [0.3, 0.4) is 0 Å². The fraction of sp³-hybridized carbons (Fsp3) is 0.333. The Morgan fingerprint density at radius 1 is 0.966 bits per heavy atom. The molecule has 0 saturated carbocycles. The van der Waals surface area contributed by atoms with Crippen molar-refractivity contribution in [1.29, 1.82) is 0 Å². The van der Waals surface area contributed by atoms with Crippen LogP contribution in [-0.4, -0.2) is 42.4 Å². The SMILES string of the molecule is Cc1cccc(NC(=O)O[C@H]2[C@H](O)OCC[C@H]2OC(=O)Nc2cccc(C)c2)c1. The third-order valence-corrected chi connectivity index (χ3v) is 4.37.